The maximum Gasteiger partial charge on any atom is 0.453 e. The van der Waals surface area contributed by atoms with Crippen molar-refractivity contribution < 1.29 is 43.5 Å². The summed E-state index contributed by atoms with van der Waals surface area (Å²) in [6.07, 6.45) is -0.356. The fourth-order valence-corrected chi connectivity index (χ4v) is 3.97. The van der Waals surface area contributed by atoms with E-state index in [-0.39, 0.29) is 24.1 Å². The van der Waals surface area contributed by atoms with Gasteiger partial charge >= 0.3 is 17.7 Å². The van der Waals surface area contributed by atoms with E-state index in [1.54, 1.807) is 30.3 Å². The van der Waals surface area contributed by atoms with Gasteiger partial charge in [-0.2, -0.15) is 0 Å². The van der Waals surface area contributed by atoms with Crippen molar-refractivity contribution >= 4 is 23.5 Å². The molecule has 14 nitrogen and oxygen atoms in total. The number of aliphatic hydroxyl groups excluding tert-OH is 1. The van der Waals surface area contributed by atoms with Gasteiger partial charge in [0.25, 0.3) is 0 Å². The molecule has 2 atom stereocenters. The molecule has 0 bridgehead atoms. The minimum Gasteiger partial charge on any atom is -0.452 e. The number of hydrogen-bond donors (Lipinski definition) is 2. The molecule has 1 aliphatic heterocycles. The number of carbonyl (C=O) groups excluding carboxylic acids is 2. The van der Waals surface area contributed by atoms with Crippen LogP contribution >= 0.6 is 11.6 Å². The van der Waals surface area contributed by atoms with Crippen LogP contribution in [0.2, 0.25) is 5.02 Å². The average molecular weight is 624 g/mol. The van der Waals surface area contributed by atoms with Crippen molar-refractivity contribution in [2.75, 3.05) is 19.8 Å². The van der Waals surface area contributed by atoms with Gasteiger partial charge < -0.3 is 29.4 Å². The fourth-order valence-electron chi connectivity index (χ4n) is 3.77. The Morgan fingerprint density at radius 3 is 2.07 bits per heavy atom. The topological polar surface area (TPSA) is 190 Å². The molecule has 2 aromatic rings. The molecule has 2 N–H and O–H groups in total. The number of nitro groups is 2. The molecule has 0 aliphatic carbocycles. The van der Waals surface area contributed by atoms with Crippen LogP contribution in [0.3, 0.4) is 0 Å². The highest BCUT2D eigenvalue weighted by Crippen LogP contribution is 2.41. The number of carbonyl (C=O) groups is 2. The second-order valence-corrected chi connectivity index (χ2v) is 11.9. The van der Waals surface area contributed by atoms with Crippen LogP contribution in [0.1, 0.15) is 51.8 Å². The highest BCUT2D eigenvalue weighted by Gasteiger charge is 2.61. The Bertz CT molecular complexity index is 1340. The Morgan fingerprint density at radius 1 is 0.977 bits per heavy atom. The highest BCUT2D eigenvalue weighted by atomic mass is 35.5. The van der Waals surface area contributed by atoms with E-state index in [4.69, 9.17) is 30.5 Å². The maximum absolute atomic E-state index is 13.2. The number of fused-ring (bicyclic) bond motifs is 1. The first kappa shape index (κ1) is 33.5. The van der Waals surface area contributed by atoms with E-state index in [0.717, 1.165) is 0 Å². The molecule has 234 valence electrons. The van der Waals surface area contributed by atoms with E-state index in [1.807, 2.05) is 6.92 Å². The van der Waals surface area contributed by atoms with Crippen LogP contribution in [0.15, 0.2) is 42.5 Å². The van der Waals surface area contributed by atoms with Crippen LogP contribution in [0, 0.1) is 20.2 Å². The molecule has 0 saturated heterocycles. The van der Waals surface area contributed by atoms with Gasteiger partial charge in [-0.1, -0.05) is 29.8 Å². The molecule has 1 heterocycles. The van der Waals surface area contributed by atoms with Gasteiger partial charge in [-0.05, 0) is 48.7 Å². The molecule has 0 saturated carbocycles. The van der Waals surface area contributed by atoms with E-state index in [2.05, 4.69) is 5.32 Å². The second kappa shape index (κ2) is 13.1. The molecule has 3 rings (SSSR count). The summed E-state index contributed by atoms with van der Waals surface area (Å²) >= 11 is 6.00. The quantitative estimate of drug-likeness (QED) is 0.135. The van der Waals surface area contributed by atoms with Crippen molar-refractivity contribution in [3.8, 4) is 11.5 Å². The number of esters is 2. The number of hydrogen-bond acceptors (Lipinski definition) is 12. The van der Waals surface area contributed by atoms with Crippen molar-refractivity contribution in [2.24, 2.45) is 0 Å². The van der Waals surface area contributed by atoms with Crippen molar-refractivity contribution in [3.05, 3.63) is 78.8 Å². The van der Waals surface area contributed by atoms with Crippen LogP contribution in [-0.4, -0.2) is 69.6 Å². The molecule has 2 aromatic carbocycles. The number of ether oxygens (including phenoxy) is 4. The number of benzene rings is 2. The minimum absolute atomic E-state index is 0.0142. The van der Waals surface area contributed by atoms with Gasteiger partial charge in [-0.25, -0.2) is 9.59 Å². The van der Waals surface area contributed by atoms with E-state index in [1.165, 1.54) is 39.8 Å². The predicted octanol–water partition coefficient (Wildman–Crippen LogP) is 3.26. The first-order valence-electron chi connectivity index (χ1n) is 13.3. The number of rotatable bonds is 14. The first-order valence-corrected chi connectivity index (χ1v) is 13.7. The Kier molecular flexibility index (Phi) is 10.2. The van der Waals surface area contributed by atoms with Crippen molar-refractivity contribution in [1.82, 2.24) is 5.32 Å². The number of nitrogens with zero attached hydrogens (tertiary/aromatic N) is 2. The summed E-state index contributed by atoms with van der Waals surface area (Å²) < 4.78 is 21.4. The molecule has 0 fully saturated rings. The molecule has 0 aromatic heterocycles. The lowest BCUT2D eigenvalue weighted by molar-refractivity contribution is -0.563. The summed E-state index contributed by atoms with van der Waals surface area (Å²) in [5, 5.41) is 36.8. The van der Waals surface area contributed by atoms with Crippen LogP contribution < -0.4 is 14.8 Å². The normalized spacial score (nSPS) is 15.3. The molecular weight excluding hydrogens is 590 g/mol. The number of aliphatic hydroxyl groups is 1. The molecule has 1 aliphatic rings. The van der Waals surface area contributed by atoms with Gasteiger partial charge in [0.05, 0.1) is 6.10 Å². The summed E-state index contributed by atoms with van der Waals surface area (Å²) in [5.74, 6) is -5.72. The zero-order chi connectivity index (χ0) is 32.2. The lowest BCUT2D eigenvalue weighted by atomic mass is 10.1. The summed E-state index contributed by atoms with van der Waals surface area (Å²) in [7, 11) is 0. The summed E-state index contributed by atoms with van der Waals surface area (Å²) in [5.41, 5.74) is -2.03. The molecule has 15 heteroatoms. The summed E-state index contributed by atoms with van der Waals surface area (Å²) in [6.45, 7) is 5.53. The number of halogens is 1. The largest absolute Gasteiger partial charge is 0.453 e. The van der Waals surface area contributed by atoms with Crippen LogP contribution in [-0.2, 0) is 25.5 Å². The zero-order valence-electron chi connectivity index (χ0n) is 24.3. The van der Waals surface area contributed by atoms with E-state index in [0.29, 0.717) is 22.6 Å². The lowest BCUT2D eigenvalue weighted by Crippen LogP contribution is -2.57. The third-order valence-electron chi connectivity index (χ3n) is 6.59. The van der Waals surface area contributed by atoms with Gasteiger partial charge in [0, 0.05) is 55.2 Å². The fraction of sp³-hybridized carbons (Fsp3) is 0.500. The molecule has 0 spiro atoms. The van der Waals surface area contributed by atoms with Crippen LogP contribution in [0.4, 0.5) is 0 Å². The summed E-state index contributed by atoms with van der Waals surface area (Å²) in [6, 6.07) is 11.4. The van der Waals surface area contributed by atoms with Crippen LogP contribution in [0.5, 0.6) is 11.5 Å². The Labute approximate surface area is 252 Å². The predicted molar refractivity (Wildman–Crippen MR) is 152 cm³/mol. The Morgan fingerprint density at radius 2 is 1.53 bits per heavy atom. The lowest BCUT2D eigenvalue weighted by Gasteiger charge is -2.25. The van der Waals surface area contributed by atoms with Gasteiger partial charge in [0.2, 0.25) is 11.1 Å². The van der Waals surface area contributed by atoms with E-state index >= 15 is 0 Å². The summed E-state index contributed by atoms with van der Waals surface area (Å²) in [4.78, 5) is 47.6. The average Bonchev–Trinajstić information content (AvgIpc) is 3.33. The minimum atomic E-state index is -2.84. The third-order valence-corrected chi connectivity index (χ3v) is 6.82. The van der Waals surface area contributed by atoms with Gasteiger partial charge in [-0.3, -0.25) is 20.2 Å². The highest BCUT2D eigenvalue weighted by molar-refractivity contribution is 6.30. The van der Waals surface area contributed by atoms with Crippen LogP contribution in [0.25, 0.3) is 0 Å². The zero-order valence-corrected chi connectivity index (χ0v) is 25.1. The molecule has 0 amide bonds. The van der Waals surface area contributed by atoms with E-state index in [9.17, 15) is 34.9 Å². The molecule has 43 heavy (non-hydrogen) atoms. The standard InChI is InChI=1S/C28H34ClN3O11/c1-17(30-14-21(33)19-7-6-8-20(29)13-19)11-18-9-10-22-23(12-18)43-28(42-22,24(34)40-15-26(2,3)31(36)37)25(35)41-16-27(4,5)32(38)39/h6-10,12-13,17,21,30,33H,11,14-16H2,1-5H3/t17-,21+/m1/s1. The SMILES string of the molecule is C[C@H](Cc1ccc2c(c1)OC(C(=O)OCC(C)(C)[N+](=O)[O-])(C(=O)OCC(C)(C)[N+](=O)[O-])O2)NC[C@H](O)c1cccc(Cl)c1. The monoisotopic (exact) mass is 623 g/mol. The Balaban J connectivity index is 1.75. The van der Waals surface area contributed by atoms with Crippen molar-refractivity contribution in [3.63, 3.8) is 0 Å². The van der Waals surface area contributed by atoms with Gasteiger partial charge in [-0.15, -0.1) is 0 Å². The van der Waals surface area contributed by atoms with Crippen molar-refractivity contribution in [1.29, 1.82) is 0 Å². The van der Waals surface area contributed by atoms with E-state index < -0.39 is 58.0 Å². The first-order chi connectivity index (χ1) is 20.0. The molecule has 0 radical (unpaired) electrons. The van der Waals surface area contributed by atoms with Gasteiger partial charge in [0.1, 0.15) is 0 Å². The molecular formula is C28H34ClN3O11. The Hall–Kier alpha value is -4.01. The van der Waals surface area contributed by atoms with Crippen molar-refractivity contribution in [2.45, 2.75) is 70.1 Å². The van der Waals surface area contributed by atoms with Gasteiger partial charge in [0.15, 0.2) is 24.7 Å². The smallest absolute Gasteiger partial charge is 0.452 e. The second-order valence-electron chi connectivity index (χ2n) is 11.5. The molecule has 0 unspecified atom stereocenters. The third kappa shape index (κ3) is 8.09. The maximum atomic E-state index is 13.2. The number of nitrogens with one attached hydrogen (secondary N) is 1.